The average Bonchev–Trinajstić information content (AvgIpc) is 3.03. The van der Waals surface area contributed by atoms with Crippen molar-refractivity contribution in [2.24, 2.45) is 5.73 Å². The standard InChI is InChI=1S/C26H22FN3O5/c1-3-34-24(32)21-22(28)35-19-12-14(2)29-23(31)20(19)26(21)16-9-5-7-11-18(16)30(25(26)33)13-15-8-4-6-10-17(15)27/h4-12H,3,13,28H2,1-2H3,(H,29,31). The fourth-order valence-electron chi connectivity index (χ4n) is 4.92. The predicted molar refractivity (Wildman–Crippen MR) is 125 cm³/mol. The second-order valence-electron chi connectivity index (χ2n) is 8.33. The Labute approximate surface area is 199 Å². The molecule has 0 saturated heterocycles. The molecule has 1 atom stereocenters. The maximum absolute atomic E-state index is 14.6. The van der Waals surface area contributed by atoms with Crippen molar-refractivity contribution in [2.45, 2.75) is 25.8 Å². The number of para-hydroxylation sites is 1. The first kappa shape index (κ1) is 22.4. The number of rotatable bonds is 4. The van der Waals surface area contributed by atoms with Crippen molar-refractivity contribution < 1.29 is 23.5 Å². The Morgan fingerprint density at radius 2 is 1.89 bits per heavy atom. The average molecular weight is 475 g/mol. The van der Waals surface area contributed by atoms with Gasteiger partial charge in [0.15, 0.2) is 0 Å². The maximum atomic E-state index is 14.6. The molecule has 1 unspecified atom stereocenters. The number of hydrogen-bond donors (Lipinski definition) is 2. The number of nitrogens with one attached hydrogen (secondary N) is 1. The van der Waals surface area contributed by atoms with Crippen LogP contribution >= 0.6 is 0 Å². The highest BCUT2D eigenvalue weighted by Crippen LogP contribution is 2.54. The Balaban J connectivity index is 1.84. The normalized spacial score (nSPS) is 18.4. The molecule has 3 aromatic rings. The van der Waals surface area contributed by atoms with Crippen LogP contribution in [0.3, 0.4) is 0 Å². The van der Waals surface area contributed by atoms with E-state index >= 15 is 0 Å². The van der Waals surface area contributed by atoms with Crippen LogP contribution in [0.2, 0.25) is 0 Å². The Morgan fingerprint density at radius 1 is 1.17 bits per heavy atom. The number of esters is 1. The number of fused-ring (bicyclic) bond motifs is 4. The number of carbonyl (C=O) groups is 2. The zero-order valence-electron chi connectivity index (χ0n) is 19.1. The lowest BCUT2D eigenvalue weighted by Gasteiger charge is -2.35. The van der Waals surface area contributed by atoms with E-state index in [0.29, 0.717) is 16.9 Å². The summed E-state index contributed by atoms with van der Waals surface area (Å²) in [6, 6.07) is 14.4. The van der Waals surface area contributed by atoms with E-state index in [-0.39, 0.29) is 41.5 Å². The minimum absolute atomic E-state index is 0.0115. The zero-order chi connectivity index (χ0) is 24.9. The monoisotopic (exact) mass is 475 g/mol. The fourth-order valence-corrected chi connectivity index (χ4v) is 4.92. The van der Waals surface area contributed by atoms with Gasteiger partial charge in [-0.3, -0.25) is 9.59 Å². The van der Waals surface area contributed by atoms with Gasteiger partial charge in [-0.1, -0.05) is 36.4 Å². The minimum atomic E-state index is -1.94. The SMILES string of the molecule is CCOC(=O)C1=C(N)Oc2cc(C)[nH]c(=O)c2C12C(=O)N(Cc1ccccc1F)c1ccccc12. The van der Waals surface area contributed by atoms with Gasteiger partial charge in [0.2, 0.25) is 11.8 Å². The lowest BCUT2D eigenvalue weighted by Crippen LogP contribution is -2.51. The van der Waals surface area contributed by atoms with E-state index in [9.17, 15) is 18.8 Å². The molecular weight excluding hydrogens is 453 g/mol. The van der Waals surface area contributed by atoms with E-state index < -0.39 is 28.7 Å². The summed E-state index contributed by atoms with van der Waals surface area (Å²) in [5, 5.41) is 0. The summed E-state index contributed by atoms with van der Waals surface area (Å²) < 4.78 is 25.5. The van der Waals surface area contributed by atoms with Gasteiger partial charge in [0.1, 0.15) is 22.6 Å². The topological polar surface area (TPSA) is 115 Å². The summed E-state index contributed by atoms with van der Waals surface area (Å²) in [7, 11) is 0. The summed E-state index contributed by atoms with van der Waals surface area (Å²) in [6.45, 7) is 3.16. The Hall–Kier alpha value is -4.40. The number of nitrogens with two attached hydrogens (primary N) is 1. The van der Waals surface area contributed by atoms with Gasteiger partial charge in [-0.15, -0.1) is 0 Å². The van der Waals surface area contributed by atoms with Gasteiger partial charge in [0.25, 0.3) is 5.56 Å². The van der Waals surface area contributed by atoms with Gasteiger partial charge < -0.3 is 25.1 Å². The molecular formula is C26H22FN3O5. The molecule has 5 rings (SSSR count). The highest BCUT2D eigenvalue weighted by molar-refractivity contribution is 6.18. The van der Waals surface area contributed by atoms with Crippen LogP contribution in [0.25, 0.3) is 0 Å². The van der Waals surface area contributed by atoms with Crippen LogP contribution in [-0.2, 0) is 26.3 Å². The molecule has 2 aromatic carbocycles. The third-order valence-corrected chi connectivity index (χ3v) is 6.28. The Morgan fingerprint density at radius 3 is 2.63 bits per heavy atom. The third kappa shape index (κ3) is 3.15. The Bertz CT molecular complexity index is 1480. The van der Waals surface area contributed by atoms with E-state index in [1.54, 1.807) is 62.4 Å². The number of halogens is 1. The molecule has 35 heavy (non-hydrogen) atoms. The van der Waals surface area contributed by atoms with Gasteiger partial charge in [0, 0.05) is 28.6 Å². The molecule has 178 valence electrons. The lowest BCUT2D eigenvalue weighted by molar-refractivity contribution is -0.140. The second kappa shape index (κ2) is 8.12. The molecule has 0 fully saturated rings. The number of benzene rings is 2. The highest BCUT2D eigenvalue weighted by atomic mass is 19.1. The first-order valence-corrected chi connectivity index (χ1v) is 11.0. The van der Waals surface area contributed by atoms with Gasteiger partial charge in [-0.05, 0) is 26.0 Å². The van der Waals surface area contributed by atoms with Gasteiger partial charge in [-0.2, -0.15) is 0 Å². The number of H-pyrrole nitrogens is 1. The molecule has 2 aliphatic rings. The van der Waals surface area contributed by atoms with Gasteiger partial charge in [0.05, 0.1) is 18.7 Å². The number of ether oxygens (including phenoxy) is 2. The molecule has 1 spiro atoms. The van der Waals surface area contributed by atoms with E-state index in [1.165, 1.54) is 11.0 Å². The number of aryl methyl sites for hydroxylation is 1. The van der Waals surface area contributed by atoms with Gasteiger partial charge in [-0.25, -0.2) is 9.18 Å². The molecule has 1 amide bonds. The number of anilines is 1. The second-order valence-corrected chi connectivity index (χ2v) is 8.33. The fraction of sp³-hybridized carbons (Fsp3) is 0.192. The van der Waals surface area contributed by atoms with Crippen molar-refractivity contribution in [1.82, 2.24) is 4.98 Å². The van der Waals surface area contributed by atoms with Crippen molar-refractivity contribution in [2.75, 3.05) is 11.5 Å². The Kier molecular flexibility index (Phi) is 5.20. The van der Waals surface area contributed by atoms with E-state index in [1.807, 2.05) is 0 Å². The molecule has 2 aliphatic heterocycles. The van der Waals surface area contributed by atoms with Crippen molar-refractivity contribution in [3.63, 3.8) is 0 Å². The number of amides is 1. The minimum Gasteiger partial charge on any atom is -0.462 e. The zero-order valence-corrected chi connectivity index (χ0v) is 19.1. The summed E-state index contributed by atoms with van der Waals surface area (Å²) in [5.41, 5.74) is 4.86. The highest BCUT2D eigenvalue weighted by Gasteiger charge is 2.62. The molecule has 8 nitrogen and oxygen atoms in total. The summed E-state index contributed by atoms with van der Waals surface area (Å²) >= 11 is 0. The van der Waals surface area contributed by atoms with E-state index in [4.69, 9.17) is 15.2 Å². The van der Waals surface area contributed by atoms with E-state index in [0.717, 1.165) is 0 Å². The van der Waals surface area contributed by atoms with Crippen molar-refractivity contribution in [3.05, 3.63) is 105 Å². The number of nitrogens with zero attached hydrogens (tertiary/aromatic N) is 1. The third-order valence-electron chi connectivity index (χ3n) is 6.28. The number of aromatic amines is 1. The number of pyridine rings is 1. The number of hydrogen-bond acceptors (Lipinski definition) is 6. The van der Waals surface area contributed by atoms with Crippen molar-refractivity contribution in [1.29, 1.82) is 0 Å². The molecule has 0 bridgehead atoms. The molecule has 0 radical (unpaired) electrons. The van der Waals surface area contributed by atoms with Crippen LogP contribution in [0.1, 0.15) is 29.3 Å². The molecule has 3 heterocycles. The first-order chi connectivity index (χ1) is 16.8. The molecule has 9 heteroatoms. The van der Waals surface area contributed by atoms with E-state index in [2.05, 4.69) is 4.98 Å². The maximum Gasteiger partial charge on any atom is 0.341 e. The van der Waals surface area contributed by atoms with Crippen LogP contribution in [0, 0.1) is 12.7 Å². The first-order valence-electron chi connectivity index (χ1n) is 11.0. The number of aromatic nitrogens is 1. The molecule has 1 aromatic heterocycles. The van der Waals surface area contributed by atoms with Crippen LogP contribution in [0.5, 0.6) is 5.75 Å². The largest absolute Gasteiger partial charge is 0.462 e. The number of carbonyl (C=O) groups excluding carboxylic acids is 2. The smallest absolute Gasteiger partial charge is 0.341 e. The summed E-state index contributed by atoms with van der Waals surface area (Å²) in [4.78, 5) is 45.1. The quantitative estimate of drug-likeness (QED) is 0.561. The van der Waals surface area contributed by atoms with Crippen LogP contribution in [0.15, 0.2) is 70.8 Å². The lowest BCUT2D eigenvalue weighted by atomic mass is 9.68. The van der Waals surface area contributed by atoms with Crippen LogP contribution in [-0.4, -0.2) is 23.5 Å². The molecule has 3 N–H and O–H groups in total. The summed E-state index contributed by atoms with van der Waals surface area (Å²) in [5.74, 6) is -2.27. The van der Waals surface area contributed by atoms with Crippen LogP contribution < -0.4 is 20.9 Å². The summed E-state index contributed by atoms with van der Waals surface area (Å²) in [6.07, 6.45) is 0. The van der Waals surface area contributed by atoms with Crippen molar-refractivity contribution >= 4 is 17.6 Å². The van der Waals surface area contributed by atoms with Crippen LogP contribution in [0.4, 0.5) is 10.1 Å². The van der Waals surface area contributed by atoms with Crippen molar-refractivity contribution in [3.8, 4) is 5.75 Å². The van der Waals surface area contributed by atoms with Gasteiger partial charge >= 0.3 is 5.97 Å². The predicted octanol–water partition coefficient (Wildman–Crippen LogP) is 2.78. The molecule has 0 aliphatic carbocycles. The molecule has 0 saturated carbocycles.